The molecule has 1 fully saturated rings. The average Bonchev–Trinajstić information content (AvgIpc) is 2.91. The molecule has 1 aliphatic heterocycles. The van der Waals surface area contributed by atoms with Crippen LogP contribution in [-0.2, 0) is 6.42 Å². The topological polar surface area (TPSA) is 28.4 Å². The molecule has 2 rings (SSSR count). The van der Waals surface area contributed by atoms with Gasteiger partial charge in [-0.05, 0) is 38.3 Å². The molecule has 0 saturated carbocycles. The van der Waals surface area contributed by atoms with Gasteiger partial charge in [0.2, 0.25) is 0 Å². The predicted molar refractivity (Wildman–Crippen MR) is 83.9 cm³/mol. The van der Waals surface area contributed by atoms with Crippen LogP contribution in [0.15, 0.2) is 22.8 Å². The molecule has 1 N–H and O–H groups in total. The highest BCUT2D eigenvalue weighted by Gasteiger charge is 2.37. The Hall–Kier alpha value is -0.800. The molecule has 0 amide bonds. The zero-order valence-corrected chi connectivity index (χ0v) is 13.6. The number of hydrogen-bond donors (Lipinski definition) is 1. The zero-order valence-electron chi connectivity index (χ0n) is 13.6. The maximum absolute atomic E-state index is 5.53. The summed E-state index contributed by atoms with van der Waals surface area (Å²) in [7, 11) is 0. The molecule has 1 saturated heterocycles. The van der Waals surface area contributed by atoms with E-state index in [2.05, 4.69) is 50.9 Å². The van der Waals surface area contributed by atoms with E-state index in [1.807, 2.05) is 6.07 Å². The standard InChI is InChI=1S/C17H30N2O/c1-6-17(5)12-19(16(11-18-17)13(2)3)14(4)10-15-8-7-9-20-15/h7-9,13-14,16,18H,6,10-12H2,1-5H3. The third kappa shape index (κ3) is 3.44. The Kier molecular flexibility index (Phi) is 4.92. The van der Waals surface area contributed by atoms with Gasteiger partial charge in [-0.2, -0.15) is 0 Å². The number of nitrogens with one attached hydrogen (secondary N) is 1. The SMILES string of the molecule is CCC1(C)CN(C(C)Cc2ccco2)C(C(C)C)CN1. The summed E-state index contributed by atoms with van der Waals surface area (Å²) in [5.41, 5.74) is 0.239. The largest absolute Gasteiger partial charge is 0.469 e. The molecule has 114 valence electrons. The van der Waals surface area contributed by atoms with Crippen molar-refractivity contribution >= 4 is 0 Å². The van der Waals surface area contributed by atoms with Crippen molar-refractivity contribution in [3.63, 3.8) is 0 Å². The third-order valence-corrected chi connectivity index (χ3v) is 4.89. The van der Waals surface area contributed by atoms with Gasteiger partial charge in [0.25, 0.3) is 0 Å². The lowest BCUT2D eigenvalue weighted by atomic mass is 9.88. The summed E-state index contributed by atoms with van der Waals surface area (Å²) in [5.74, 6) is 1.76. The molecule has 1 aromatic rings. The first kappa shape index (κ1) is 15.6. The summed E-state index contributed by atoms with van der Waals surface area (Å²) in [6.07, 6.45) is 3.94. The molecule has 0 aromatic carbocycles. The monoisotopic (exact) mass is 278 g/mol. The molecule has 0 radical (unpaired) electrons. The van der Waals surface area contributed by atoms with E-state index in [1.165, 1.54) is 6.42 Å². The van der Waals surface area contributed by atoms with Gasteiger partial charge in [-0.3, -0.25) is 4.90 Å². The minimum Gasteiger partial charge on any atom is -0.469 e. The first-order valence-electron chi connectivity index (χ1n) is 7.98. The van der Waals surface area contributed by atoms with Gasteiger partial charge in [0, 0.05) is 37.1 Å². The summed E-state index contributed by atoms with van der Waals surface area (Å²) in [6.45, 7) is 13.8. The molecule has 2 heterocycles. The molecule has 0 aliphatic carbocycles. The van der Waals surface area contributed by atoms with Crippen molar-refractivity contribution in [2.75, 3.05) is 13.1 Å². The van der Waals surface area contributed by atoms with E-state index in [4.69, 9.17) is 4.42 Å². The van der Waals surface area contributed by atoms with Gasteiger partial charge < -0.3 is 9.73 Å². The Morgan fingerprint density at radius 3 is 2.75 bits per heavy atom. The van der Waals surface area contributed by atoms with E-state index in [0.717, 1.165) is 25.3 Å². The maximum atomic E-state index is 5.53. The predicted octanol–water partition coefficient (Wildman–Crippen LogP) is 3.31. The molecule has 3 nitrogen and oxygen atoms in total. The minimum atomic E-state index is 0.239. The van der Waals surface area contributed by atoms with Crippen LogP contribution in [0.1, 0.15) is 46.8 Å². The quantitative estimate of drug-likeness (QED) is 0.895. The van der Waals surface area contributed by atoms with Crippen LogP contribution in [0.3, 0.4) is 0 Å². The van der Waals surface area contributed by atoms with E-state index in [9.17, 15) is 0 Å². The third-order valence-electron chi connectivity index (χ3n) is 4.89. The lowest BCUT2D eigenvalue weighted by Gasteiger charge is -2.50. The first-order chi connectivity index (χ1) is 9.45. The molecule has 20 heavy (non-hydrogen) atoms. The van der Waals surface area contributed by atoms with Crippen molar-refractivity contribution in [2.45, 2.75) is 65.1 Å². The molecule has 3 unspecified atom stereocenters. The normalized spacial score (nSPS) is 29.8. The molecule has 3 heteroatoms. The van der Waals surface area contributed by atoms with Crippen LogP contribution in [0.4, 0.5) is 0 Å². The summed E-state index contributed by atoms with van der Waals surface area (Å²) in [6, 6.07) is 5.19. The molecule has 1 aromatic heterocycles. The van der Waals surface area contributed by atoms with E-state index >= 15 is 0 Å². The first-order valence-corrected chi connectivity index (χ1v) is 7.98. The van der Waals surface area contributed by atoms with Crippen LogP contribution in [0.2, 0.25) is 0 Å². The van der Waals surface area contributed by atoms with Gasteiger partial charge in [0.1, 0.15) is 5.76 Å². The van der Waals surface area contributed by atoms with E-state index in [0.29, 0.717) is 18.0 Å². The maximum Gasteiger partial charge on any atom is 0.105 e. The highest BCUT2D eigenvalue weighted by molar-refractivity contribution is 5.03. The average molecular weight is 278 g/mol. The minimum absolute atomic E-state index is 0.239. The Labute approximate surface area is 123 Å². The number of nitrogens with zero attached hydrogens (tertiary/aromatic N) is 1. The lowest BCUT2D eigenvalue weighted by Crippen LogP contribution is -2.65. The number of furan rings is 1. The van der Waals surface area contributed by atoms with Gasteiger partial charge in [-0.1, -0.05) is 20.8 Å². The fraction of sp³-hybridized carbons (Fsp3) is 0.765. The molecule has 1 aliphatic rings. The molecular formula is C17H30N2O. The smallest absolute Gasteiger partial charge is 0.105 e. The second-order valence-corrected chi connectivity index (χ2v) is 6.91. The number of rotatable bonds is 5. The summed E-state index contributed by atoms with van der Waals surface area (Å²) in [4.78, 5) is 2.69. The Morgan fingerprint density at radius 2 is 2.20 bits per heavy atom. The zero-order chi connectivity index (χ0) is 14.8. The van der Waals surface area contributed by atoms with Gasteiger partial charge in [0.05, 0.1) is 6.26 Å². The van der Waals surface area contributed by atoms with Crippen LogP contribution >= 0.6 is 0 Å². The number of hydrogen-bond acceptors (Lipinski definition) is 3. The van der Waals surface area contributed by atoms with Gasteiger partial charge in [-0.15, -0.1) is 0 Å². The van der Waals surface area contributed by atoms with Crippen LogP contribution in [0.25, 0.3) is 0 Å². The van der Waals surface area contributed by atoms with E-state index in [1.54, 1.807) is 6.26 Å². The summed E-state index contributed by atoms with van der Waals surface area (Å²) < 4.78 is 5.53. The van der Waals surface area contributed by atoms with Crippen LogP contribution < -0.4 is 5.32 Å². The van der Waals surface area contributed by atoms with Gasteiger partial charge >= 0.3 is 0 Å². The highest BCUT2D eigenvalue weighted by atomic mass is 16.3. The van der Waals surface area contributed by atoms with Crippen LogP contribution in [0, 0.1) is 5.92 Å². The Bertz CT molecular complexity index is 401. The van der Waals surface area contributed by atoms with Crippen LogP contribution in [-0.4, -0.2) is 35.6 Å². The van der Waals surface area contributed by atoms with E-state index in [-0.39, 0.29) is 5.54 Å². The Balaban J connectivity index is 2.10. The molecular weight excluding hydrogens is 248 g/mol. The molecule has 0 bridgehead atoms. The van der Waals surface area contributed by atoms with Crippen molar-refractivity contribution in [1.29, 1.82) is 0 Å². The second kappa shape index (κ2) is 6.31. The van der Waals surface area contributed by atoms with Crippen molar-refractivity contribution in [2.24, 2.45) is 5.92 Å². The molecule has 0 spiro atoms. The fourth-order valence-electron chi connectivity index (χ4n) is 3.22. The Morgan fingerprint density at radius 1 is 1.45 bits per heavy atom. The number of piperazine rings is 1. The van der Waals surface area contributed by atoms with E-state index < -0.39 is 0 Å². The highest BCUT2D eigenvalue weighted by Crippen LogP contribution is 2.26. The summed E-state index contributed by atoms with van der Waals surface area (Å²) >= 11 is 0. The van der Waals surface area contributed by atoms with Crippen molar-refractivity contribution in [1.82, 2.24) is 10.2 Å². The second-order valence-electron chi connectivity index (χ2n) is 6.91. The molecule has 3 atom stereocenters. The van der Waals surface area contributed by atoms with Crippen molar-refractivity contribution in [3.8, 4) is 0 Å². The van der Waals surface area contributed by atoms with Crippen molar-refractivity contribution < 1.29 is 4.42 Å². The van der Waals surface area contributed by atoms with Crippen LogP contribution in [0.5, 0.6) is 0 Å². The van der Waals surface area contributed by atoms with Gasteiger partial charge in [-0.25, -0.2) is 0 Å². The van der Waals surface area contributed by atoms with Crippen molar-refractivity contribution in [3.05, 3.63) is 24.2 Å². The van der Waals surface area contributed by atoms with Gasteiger partial charge in [0.15, 0.2) is 0 Å². The fourth-order valence-corrected chi connectivity index (χ4v) is 3.22. The summed E-state index contributed by atoms with van der Waals surface area (Å²) in [5, 5.41) is 3.76. The lowest BCUT2D eigenvalue weighted by molar-refractivity contribution is 0.0287.